The SMILES string of the molecule is CC1(C)c2ccccc2-c2cc3c(-c4cccc5ccccc45)c4ccccc4c(-c4ccc(-c5nc6ccccc6n5-c5ccccc5)cc4)c3cc21. The Morgan fingerprint density at radius 3 is 1.87 bits per heavy atom. The summed E-state index contributed by atoms with van der Waals surface area (Å²) in [5.74, 6) is 0.937. The predicted octanol–water partition coefficient (Wildman–Crippen LogP) is 13.8. The van der Waals surface area contributed by atoms with E-state index in [1.54, 1.807) is 0 Å². The zero-order chi connectivity index (χ0) is 36.0. The van der Waals surface area contributed by atoms with Gasteiger partial charge in [0, 0.05) is 16.7 Å². The van der Waals surface area contributed by atoms with Crippen molar-refractivity contribution in [2.45, 2.75) is 19.3 Å². The molecule has 0 radical (unpaired) electrons. The summed E-state index contributed by atoms with van der Waals surface area (Å²) in [4.78, 5) is 5.17. The third kappa shape index (κ3) is 4.44. The van der Waals surface area contributed by atoms with E-state index in [0.717, 1.165) is 28.1 Å². The second kappa shape index (κ2) is 11.6. The molecule has 0 saturated heterocycles. The molecule has 0 aliphatic heterocycles. The minimum Gasteiger partial charge on any atom is -0.292 e. The van der Waals surface area contributed by atoms with Gasteiger partial charge in [0.15, 0.2) is 0 Å². The van der Waals surface area contributed by atoms with Gasteiger partial charge in [-0.3, -0.25) is 4.57 Å². The summed E-state index contributed by atoms with van der Waals surface area (Å²) in [7, 11) is 0. The average Bonchev–Trinajstić information content (AvgIpc) is 3.72. The Bertz CT molecular complexity index is 3110. The maximum Gasteiger partial charge on any atom is 0.145 e. The zero-order valence-electron chi connectivity index (χ0n) is 30.2. The second-order valence-corrected chi connectivity index (χ2v) is 15.1. The summed E-state index contributed by atoms with van der Waals surface area (Å²) in [6, 6.07) is 66.6. The molecule has 2 nitrogen and oxygen atoms in total. The van der Waals surface area contributed by atoms with Crippen LogP contribution in [0.5, 0.6) is 0 Å². The molecule has 0 amide bonds. The number of fused-ring (bicyclic) bond motifs is 7. The number of hydrogen-bond acceptors (Lipinski definition) is 1. The van der Waals surface area contributed by atoms with E-state index in [1.165, 1.54) is 76.8 Å². The summed E-state index contributed by atoms with van der Waals surface area (Å²) < 4.78 is 2.27. The van der Waals surface area contributed by atoms with Crippen LogP contribution in [-0.4, -0.2) is 9.55 Å². The molecular formula is C52H36N2. The molecule has 1 aromatic heterocycles. The molecule has 9 aromatic carbocycles. The van der Waals surface area contributed by atoms with Crippen molar-refractivity contribution in [2.24, 2.45) is 0 Å². The fourth-order valence-electron chi connectivity index (χ4n) is 9.26. The highest BCUT2D eigenvalue weighted by molar-refractivity contribution is 6.24. The quantitative estimate of drug-likeness (QED) is 0.168. The average molecular weight is 689 g/mol. The molecule has 0 saturated carbocycles. The molecule has 0 unspecified atom stereocenters. The van der Waals surface area contributed by atoms with Gasteiger partial charge in [-0.05, 0) is 113 Å². The molecule has 0 atom stereocenters. The van der Waals surface area contributed by atoms with Crippen molar-refractivity contribution in [3.8, 4) is 50.5 Å². The van der Waals surface area contributed by atoms with Crippen molar-refractivity contribution >= 4 is 43.4 Å². The van der Waals surface area contributed by atoms with Gasteiger partial charge in [-0.1, -0.05) is 159 Å². The molecule has 0 fully saturated rings. The molecule has 0 spiro atoms. The van der Waals surface area contributed by atoms with Crippen LogP contribution in [0.1, 0.15) is 25.0 Å². The Balaban J connectivity index is 1.20. The lowest BCUT2D eigenvalue weighted by atomic mass is 9.79. The van der Waals surface area contributed by atoms with E-state index >= 15 is 0 Å². The summed E-state index contributed by atoms with van der Waals surface area (Å²) in [5.41, 5.74) is 14.6. The number of hydrogen-bond donors (Lipinski definition) is 0. The van der Waals surface area contributed by atoms with E-state index < -0.39 is 0 Å². The van der Waals surface area contributed by atoms with E-state index in [-0.39, 0.29) is 5.41 Å². The van der Waals surface area contributed by atoms with Gasteiger partial charge in [-0.2, -0.15) is 0 Å². The number of aromatic nitrogens is 2. The van der Waals surface area contributed by atoms with E-state index in [2.05, 4.69) is 200 Å². The molecule has 1 aliphatic carbocycles. The lowest BCUT2D eigenvalue weighted by Crippen LogP contribution is -2.14. The normalized spacial score (nSPS) is 13.1. The van der Waals surface area contributed by atoms with Gasteiger partial charge in [-0.15, -0.1) is 0 Å². The summed E-state index contributed by atoms with van der Waals surface area (Å²) in [5, 5.41) is 7.59. The van der Waals surface area contributed by atoms with Crippen LogP contribution in [0.2, 0.25) is 0 Å². The van der Waals surface area contributed by atoms with Crippen LogP contribution < -0.4 is 0 Å². The van der Waals surface area contributed by atoms with E-state index in [0.29, 0.717) is 0 Å². The molecule has 0 N–H and O–H groups in total. The van der Waals surface area contributed by atoms with Crippen molar-refractivity contribution in [1.29, 1.82) is 0 Å². The summed E-state index contributed by atoms with van der Waals surface area (Å²) >= 11 is 0. The number of nitrogens with zero attached hydrogens (tertiary/aromatic N) is 2. The van der Waals surface area contributed by atoms with Crippen molar-refractivity contribution in [1.82, 2.24) is 9.55 Å². The lowest BCUT2D eigenvalue weighted by Gasteiger charge is -2.24. The van der Waals surface area contributed by atoms with Crippen LogP contribution in [0.4, 0.5) is 0 Å². The van der Waals surface area contributed by atoms with Crippen molar-refractivity contribution in [3.63, 3.8) is 0 Å². The summed E-state index contributed by atoms with van der Waals surface area (Å²) in [6.07, 6.45) is 0. The molecule has 254 valence electrons. The topological polar surface area (TPSA) is 17.8 Å². The third-order valence-electron chi connectivity index (χ3n) is 11.8. The van der Waals surface area contributed by atoms with Crippen LogP contribution in [0, 0.1) is 0 Å². The Labute approximate surface area is 314 Å². The van der Waals surface area contributed by atoms with E-state index in [9.17, 15) is 0 Å². The first-order chi connectivity index (χ1) is 26.6. The van der Waals surface area contributed by atoms with Gasteiger partial charge in [0.05, 0.1) is 11.0 Å². The predicted molar refractivity (Wildman–Crippen MR) is 227 cm³/mol. The van der Waals surface area contributed by atoms with Gasteiger partial charge in [-0.25, -0.2) is 4.98 Å². The highest BCUT2D eigenvalue weighted by atomic mass is 15.1. The molecule has 1 aliphatic rings. The molecule has 1 heterocycles. The van der Waals surface area contributed by atoms with Crippen molar-refractivity contribution in [2.75, 3.05) is 0 Å². The maximum absolute atomic E-state index is 5.17. The van der Waals surface area contributed by atoms with E-state index in [1.807, 2.05) is 0 Å². The van der Waals surface area contributed by atoms with Gasteiger partial charge >= 0.3 is 0 Å². The van der Waals surface area contributed by atoms with Crippen LogP contribution in [0.3, 0.4) is 0 Å². The molecule has 0 bridgehead atoms. The highest BCUT2D eigenvalue weighted by Gasteiger charge is 2.36. The minimum atomic E-state index is -0.122. The minimum absolute atomic E-state index is 0.122. The number of rotatable bonds is 4. The van der Waals surface area contributed by atoms with E-state index in [4.69, 9.17) is 4.98 Å². The van der Waals surface area contributed by atoms with Crippen LogP contribution in [0.25, 0.3) is 93.8 Å². The second-order valence-electron chi connectivity index (χ2n) is 15.1. The number of benzene rings is 9. The van der Waals surface area contributed by atoms with Gasteiger partial charge in [0.2, 0.25) is 0 Å². The molecule has 10 aromatic rings. The van der Waals surface area contributed by atoms with Crippen LogP contribution in [0.15, 0.2) is 182 Å². The maximum atomic E-state index is 5.17. The lowest BCUT2D eigenvalue weighted by molar-refractivity contribution is 0.661. The van der Waals surface area contributed by atoms with Crippen LogP contribution >= 0.6 is 0 Å². The van der Waals surface area contributed by atoms with Crippen molar-refractivity contribution in [3.05, 3.63) is 193 Å². The van der Waals surface area contributed by atoms with Gasteiger partial charge in [0.25, 0.3) is 0 Å². The number of imidazole rings is 1. The standard InChI is InChI=1S/C52H36N2/c1-52(2)45-24-11-10-20-38(45)42-31-43-44(32-46(42)52)49(40-21-8-9-22-41(40)50(43)39-23-14-16-33-15-6-7-19-37(33)39)34-27-29-35(30-28-34)51-53-47-25-12-13-26-48(47)54(51)36-17-4-3-5-18-36/h3-32H,1-2H3. The molecule has 2 heteroatoms. The van der Waals surface area contributed by atoms with Crippen LogP contribution in [-0.2, 0) is 5.41 Å². The van der Waals surface area contributed by atoms with Crippen molar-refractivity contribution < 1.29 is 0 Å². The Hall–Kier alpha value is -6.77. The highest BCUT2D eigenvalue weighted by Crippen LogP contribution is 2.53. The molecular weight excluding hydrogens is 653 g/mol. The third-order valence-corrected chi connectivity index (χ3v) is 11.8. The smallest absolute Gasteiger partial charge is 0.145 e. The summed E-state index contributed by atoms with van der Waals surface area (Å²) in [6.45, 7) is 4.76. The first-order valence-electron chi connectivity index (χ1n) is 18.8. The molecule has 54 heavy (non-hydrogen) atoms. The number of para-hydroxylation sites is 3. The first kappa shape index (κ1) is 30.8. The Morgan fingerprint density at radius 1 is 0.426 bits per heavy atom. The fraction of sp³-hybridized carbons (Fsp3) is 0.0577. The van der Waals surface area contributed by atoms with Gasteiger partial charge in [0.1, 0.15) is 5.82 Å². The Morgan fingerprint density at radius 2 is 1.04 bits per heavy atom. The Kier molecular flexibility index (Phi) is 6.63. The van der Waals surface area contributed by atoms with Gasteiger partial charge < -0.3 is 0 Å². The monoisotopic (exact) mass is 688 g/mol. The largest absolute Gasteiger partial charge is 0.292 e. The zero-order valence-corrected chi connectivity index (χ0v) is 30.2. The molecule has 11 rings (SSSR count). The fourth-order valence-corrected chi connectivity index (χ4v) is 9.26. The first-order valence-corrected chi connectivity index (χ1v) is 18.8.